The fourth-order valence-corrected chi connectivity index (χ4v) is 2.73. The summed E-state index contributed by atoms with van der Waals surface area (Å²) in [7, 11) is 1.69. The molecule has 0 spiro atoms. The van der Waals surface area contributed by atoms with Crippen LogP contribution in [0.2, 0.25) is 0 Å². The first-order chi connectivity index (χ1) is 7.38. The molecule has 0 atom stereocenters. The largest absolute Gasteiger partial charge is 0.454 e. The molecule has 2 rings (SSSR count). The summed E-state index contributed by atoms with van der Waals surface area (Å²) in [6, 6.07) is 1.67. The van der Waals surface area contributed by atoms with Crippen molar-refractivity contribution in [3.63, 3.8) is 0 Å². The van der Waals surface area contributed by atoms with Crippen LogP contribution in [-0.4, -0.2) is 15.2 Å². The molecular weight excluding hydrogens is 252 g/mol. The minimum Gasteiger partial charge on any atom is -0.454 e. The summed E-state index contributed by atoms with van der Waals surface area (Å²) >= 11 is 0. The topological polar surface area (TPSA) is 52.6 Å². The molecule has 0 unspecified atom stereocenters. The predicted molar refractivity (Wildman–Crippen MR) is 60.5 cm³/mol. The highest BCUT2D eigenvalue weighted by Crippen LogP contribution is 2.39. The van der Waals surface area contributed by atoms with Crippen molar-refractivity contribution >= 4 is 19.7 Å². The van der Waals surface area contributed by atoms with E-state index in [4.69, 9.17) is 20.2 Å². The molecule has 1 aliphatic heterocycles. The van der Waals surface area contributed by atoms with E-state index < -0.39 is 9.05 Å². The second-order valence-corrected chi connectivity index (χ2v) is 6.48. The van der Waals surface area contributed by atoms with Crippen LogP contribution in [0.3, 0.4) is 0 Å². The third-order valence-electron chi connectivity index (χ3n) is 2.66. The average Bonchev–Trinajstić information content (AvgIpc) is 2.59. The minimum atomic E-state index is -3.56. The van der Waals surface area contributed by atoms with E-state index in [0.717, 1.165) is 11.1 Å². The lowest BCUT2D eigenvalue weighted by molar-refractivity contribution is 0.173. The zero-order chi connectivity index (χ0) is 11.9. The lowest BCUT2D eigenvalue weighted by atomic mass is 10.0. The highest BCUT2D eigenvalue weighted by molar-refractivity contribution is 8.13. The van der Waals surface area contributed by atoms with Crippen molar-refractivity contribution in [3.8, 4) is 11.5 Å². The summed E-state index contributed by atoms with van der Waals surface area (Å²) in [5.41, 5.74) is 2.41. The molecule has 0 aliphatic carbocycles. The van der Waals surface area contributed by atoms with Crippen LogP contribution in [0.4, 0.5) is 0 Å². The number of rotatable bonds is 2. The van der Waals surface area contributed by atoms with Gasteiger partial charge in [0.05, 0.1) is 5.75 Å². The van der Waals surface area contributed by atoms with Gasteiger partial charge in [0.2, 0.25) is 15.8 Å². The van der Waals surface area contributed by atoms with Crippen molar-refractivity contribution in [1.82, 2.24) is 0 Å². The zero-order valence-corrected chi connectivity index (χ0v) is 10.5. The van der Waals surface area contributed by atoms with Crippen molar-refractivity contribution in [3.05, 3.63) is 22.8 Å². The van der Waals surface area contributed by atoms with E-state index in [0.29, 0.717) is 17.1 Å². The van der Waals surface area contributed by atoms with Gasteiger partial charge in [0, 0.05) is 10.7 Å². The Morgan fingerprint density at radius 2 is 2.00 bits per heavy atom. The number of halogens is 1. The maximum absolute atomic E-state index is 11.1. The molecule has 0 bridgehead atoms. The summed E-state index contributed by atoms with van der Waals surface area (Å²) < 4.78 is 32.6. The highest BCUT2D eigenvalue weighted by Gasteiger charge is 2.21. The molecule has 16 heavy (non-hydrogen) atoms. The van der Waals surface area contributed by atoms with E-state index in [1.54, 1.807) is 6.07 Å². The maximum Gasteiger partial charge on any atom is 0.236 e. The van der Waals surface area contributed by atoms with Crippen molar-refractivity contribution < 1.29 is 17.9 Å². The van der Waals surface area contributed by atoms with Crippen molar-refractivity contribution in [2.45, 2.75) is 19.6 Å². The Morgan fingerprint density at radius 1 is 1.31 bits per heavy atom. The zero-order valence-electron chi connectivity index (χ0n) is 8.91. The first-order valence-electron chi connectivity index (χ1n) is 4.69. The second-order valence-electron chi connectivity index (χ2n) is 3.70. The summed E-state index contributed by atoms with van der Waals surface area (Å²) in [5, 5.41) is 0. The first kappa shape index (κ1) is 11.5. The number of benzene rings is 1. The molecule has 0 amide bonds. The molecule has 0 saturated carbocycles. The van der Waals surface area contributed by atoms with Gasteiger partial charge in [-0.15, -0.1) is 0 Å². The van der Waals surface area contributed by atoms with Crippen LogP contribution in [0.15, 0.2) is 6.07 Å². The molecule has 0 radical (unpaired) electrons. The van der Waals surface area contributed by atoms with E-state index >= 15 is 0 Å². The van der Waals surface area contributed by atoms with Gasteiger partial charge in [0.15, 0.2) is 11.5 Å². The molecule has 1 aliphatic rings. The molecule has 6 heteroatoms. The minimum absolute atomic E-state index is 0.173. The SMILES string of the molecule is Cc1c(CS(=O)(=O)Cl)cc2c(c1C)OCO2. The van der Waals surface area contributed by atoms with Gasteiger partial charge in [-0.3, -0.25) is 0 Å². The molecular formula is C10H11ClO4S. The molecule has 88 valence electrons. The smallest absolute Gasteiger partial charge is 0.236 e. The van der Waals surface area contributed by atoms with Gasteiger partial charge >= 0.3 is 0 Å². The molecule has 0 aromatic heterocycles. The Kier molecular flexibility index (Phi) is 2.75. The Hall–Kier alpha value is -0.940. The Balaban J connectivity index is 2.52. The van der Waals surface area contributed by atoms with Crippen LogP contribution in [0, 0.1) is 13.8 Å². The lowest BCUT2D eigenvalue weighted by Crippen LogP contribution is -1.99. The van der Waals surface area contributed by atoms with Crippen LogP contribution < -0.4 is 9.47 Å². The van der Waals surface area contributed by atoms with E-state index in [1.165, 1.54) is 0 Å². The Bertz CT molecular complexity index is 536. The molecule has 0 saturated heterocycles. The number of hydrogen-bond acceptors (Lipinski definition) is 4. The molecule has 0 N–H and O–H groups in total. The van der Waals surface area contributed by atoms with Crippen LogP contribution in [0.25, 0.3) is 0 Å². The Morgan fingerprint density at radius 3 is 2.62 bits per heavy atom. The van der Waals surface area contributed by atoms with Gasteiger partial charge < -0.3 is 9.47 Å². The van der Waals surface area contributed by atoms with Gasteiger partial charge in [-0.1, -0.05) is 0 Å². The molecule has 1 aromatic carbocycles. The number of ether oxygens (including phenoxy) is 2. The lowest BCUT2D eigenvalue weighted by Gasteiger charge is -2.10. The normalized spacial score (nSPS) is 14.2. The quantitative estimate of drug-likeness (QED) is 0.766. The van der Waals surface area contributed by atoms with Gasteiger partial charge in [-0.05, 0) is 36.6 Å². The summed E-state index contributed by atoms with van der Waals surface area (Å²) in [5.74, 6) is 1.07. The van der Waals surface area contributed by atoms with Crippen molar-refractivity contribution in [2.24, 2.45) is 0 Å². The molecule has 4 nitrogen and oxygen atoms in total. The van der Waals surface area contributed by atoms with Crippen LogP contribution >= 0.6 is 10.7 Å². The van der Waals surface area contributed by atoms with Gasteiger partial charge in [-0.2, -0.15) is 0 Å². The molecule has 1 aromatic rings. The van der Waals surface area contributed by atoms with Crippen LogP contribution in [0.5, 0.6) is 11.5 Å². The summed E-state index contributed by atoms with van der Waals surface area (Å²) in [6.45, 7) is 3.88. The first-order valence-corrected chi connectivity index (χ1v) is 7.17. The number of fused-ring (bicyclic) bond motifs is 1. The van der Waals surface area contributed by atoms with Gasteiger partial charge in [0.1, 0.15) is 0 Å². The fraction of sp³-hybridized carbons (Fsp3) is 0.400. The van der Waals surface area contributed by atoms with Crippen LogP contribution in [-0.2, 0) is 14.8 Å². The second kappa shape index (κ2) is 3.82. The summed E-state index contributed by atoms with van der Waals surface area (Å²) in [4.78, 5) is 0. The fourth-order valence-electron chi connectivity index (χ4n) is 1.70. The van der Waals surface area contributed by atoms with Crippen molar-refractivity contribution in [2.75, 3.05) is 6.79 Å². The number of hydrogen-bond donors (Lipinski definition) is 0. The maximum atomic E-state index is 11.1. The van der Waals surface area contributed by atoms with E-state index in [-0.39, 0.29) is 12.5 Å². The average molecular weight is 263 g/mol. The predicted octanol–water partition coefficient (Wildman–Crippen LogP) is 2.10. The van der Waals surface area contributed by atoms with E-state index in [2.05, 4.69) is 0 Å². The standard InChI is InChI=1S/C10H11ClO4S/c1-6-7(2)10-9(14-5-15-10)3-8(6)4-16(11,12)13/h3H,4-5H2,1-2H3. The van der Waals surface area contributed by atoms with Gasteiger partial charge in [0.25, 0.3) is 0 Å². The highest BCUT2D eigenvalue weighted by atomic mass is 35.7. The molecule has 1 heterocycles. The van der Waals surface area contributed by atoms with Crippen LogP contribution in [0.1, 0.15) is 16.7 Å². The monoisotopic (exact) mass is 262 g/mol. The third kappa shape index (κ3) is 2.10. The van der Waals surface area contributed by atoms with Crippen molar-refractivity contribution in [1.29, 1.82) is 0 Å². The third-order valence-corrected chi connectivity index (χ3v) is 3.64. The van der Waals surface area contributed by atoms with E-state index in [1.807, 2.05) is 13.8 Å². The van der Waals surface area contributed by atoms with Gasteiger partial charge in [-0.25, -0.2) is 8.42 Å². The molecule has 0 fully saturated rings. The van der Waals surface area contributed by atoms with E-state index in [9.17, 15) is 8.42 Å². The summed E-state index contributed by atoms with van der Waals surface area (Å²) in [6.07, 6.45) is 0. The Labute approximate surface area is 98.5 Å².